The number of hydrogen-bond acceptors (Lipinski definition) is 2. The first-order chi connectivity index (χ1) is 5.25. The van der Waals surface area contributed by atoms with Gasteiger partial charge in [0, 0.05) is 19.4 Å². The molecule has 0 aromatic rings. The van der Waals surface area contributed by atoms with Crippen LogP contribution in [0.15, 0.2) is 12.7 Å². The summed E-state index contributed by atoms with van der Waals surface area (Å²) in [6, 6.07) is 0. The monoisotopic (exact) mass is 169 g/mol. The van der Waals surface area contributed by atoms with Gasteiger partial charge in [-0.25, -0.2) is 0 Å². The standard InChI is InChI=1S/C8H11NOS/c1-2-3-6-9-7(10)4-5-8(9)11/h2H,1,3-6H2. The summed E-state index contributed by atoms with van der Waals surface area (Å²) in [5, 5.41) is 0. The van der Waals surface area contributed by atoms with Gasteiger partial charge in [-0.2, -0.15) is 0 Å². The van der Waals surface area contributed by atoms with Gasteiger partial charge in [0.1, 0.15) is 0 Å². The highest BCUT2D eigenvalue weighted by Gasteiger charge is 2.24. The van der Waals surface area contributed by atoms with Crippen molar-refractivity contribution in [3.05, 3.63) is 12.7 Å². The summed E-state index contributed by atoms with van der Waals surface area (Å²) in [6.45, 7) is 4.30. The molecule has 0 aliphatic carbocycles. The maximum Gasteiger partial charge on any atom is 0.227 e. The van der Waals surface area contributed by atoms with Crippen molar-refractivity contribution in [3.63, 3.8) is 0 Å². The Morgan fingerprint density at radius 3 is 2.82 bits per heavy atom. The van der Waals surface area contributed by atoms with Crippen molar-refractivity contribution in [2.24, 2.45) is 0 Å². The molecule has 1 amide bonds. The van der Waals surface area contributed by atoms with E-state index in [1.165, 1.54) is 0 Å². The first kappa shape index (κ1) is 8.40. The molecule has 0 radical (unpaired) electrons. The Kier molecular flexibility index (Phi) is 2.76. The molecule has 0 unspecified atom stereocenters. The van der Waals surface area contributed by atoms with Crippen molar-refractivity contribution >= 4 is 23.1 Å². The van der Waals surface area contributed by atoms with E-state index < -0.39 is 0 Å². The van der Waals surface area contributed by atoms with Gasteiger partial charge in [-0.15, -0.1) is 6.58 Å². The summed E-state index contributed by atoms with van der Waals surface area (Å²) in [5.41, 5.74) is 0. The van der Waals surface area contributed by atoms with Crippen LogP contribution in [-0.2, 0) is 4.79 Å². The highest BCUT2D eigenvalue weighted by molar-refractivity contribution is 7.80. The predicted octanol–water partition coefficient (Wildman–Crippen LogP) is 1.51. The van der Waals surface area contributed by atoms with E-state index in [1.54, 1.807) is 11.0 Å². The van der Waals surface area contributed by atoms with Crippen LogP contribution < -0.4 is 0 Å². The molecule has 0 N–H and O–H groups in total. The number of amides is 1. The van der Waals surface area contributed by atoms with Gasteiger partial charge in [0.25, 0.3) is 0 Å². The average Bonchev–Trinajstić information content (AvgIpc) is 2.29. The highest BCUT2D eigenvalue weighted by Crippen LogP contribution is 2.13. The van der Waals surface area contributed by atoms with Crippen LogP contribution in [-0.4, -0.2) is 22.3 Å². The van der Waals surface area contributed by atoms with Crippen LogP contribution in [0.25, 0.3) is 0 Å². The summed E-state index contributed by atoms with van der Waals surface area (Å²) >= 11 is 5.00. The third kappa shape index (κ3) is 1.87. The fourth-order valence-electron chi connectivity index (χ4n) is 1.09. The van der Waals surface area contributed by atoms with Gasteiger partial charge in [0.05, 0.1) is 4.99 Å². The fourth-order valence-corrected chi connectivity index (χ4v) is 1.39. The van der Waals surface area contributed by atoms with E-state index in [9.17, 15) is 4.79 Å². The molecule has 1 aliphatic rings. The second-order valence-electron chi connectivity index (χ2n) is 2.52. The zero-order valence-corrected chi connectivity index (χ0v) is 7.19. The van der Waals surface area contributed by atoms with E-state index >= 15 is 0 Å². The number of nitrogens with zero attached hydrogens (tertiary/aromatic N) is 1. The van der Waals surface area contributed by atoms with Gasteiger partial charge in [0.15, 0.2) is 0 Å². The molecule has 2 nitrogen and oxygen atoms in total. The van der Waals surface area contributed by atoms with Gasteiger partial charge in [0.2, 0.25) is 5.91 Å². The Balaban J connectivity index is 2.47. The minimum atomic E-state index is 0.164. The number of likely N-dealkylation sites (tertiary alicyclic amines) is 1. The molecule has 0 aromatic carbocycles. The van der Waals surface area contributed by atoms with E-state index in [1.807, 2.05) is 0 Å². The van der Waals surface area contributed by atoms with Crippen molar-refractivity contribution in [1.82, 2.24) is 4.90 Å². The van der Waals surface area contributed by atoms with Crippen molar-refractivity contribution in [1.29, 1.82) is 0 Å². The van der Waals surface area contributed by atoms with Crippen LogP contribution in [0.3, 0.4) is 0 Å². The smallest absolute Gasteiger partial charge is 0.227 e. The van der Waals surface area contributed by atoms with Crippen LogP contribution >= 0.6 is 12.2 Å². The maximum absolute atomic E-state index is 11.1. The van der Waals surface area contributed by atoms with Gasteiger partial charge in [-0.1, -0.05) is 18.3 Å². The van der Waals surface area contributed by atoms with Crippen LogP contribution in [0.1, 0.15) is 19.3 Å². The normalized spacial score (nSPS) is 17.6. The van der Waals surface area contributed by atoms with E-state index in [0.29, 0.717) is 13.0 Å². The van der Waals surface area contributed by atoms with E-state index in [-0.39, 0.29) is 5.91 Å². The summed E-state index contributed by atoms with van der Waals surface area (Å²) in [7, 11) is 0. The Bertz CT molecular complexity index is 184. The SMILES string of the molecule is C=CCCN1C(=O)CCC1=S. The third-order valence-electron chi connectivity index (χ3n) is 1.71. The van der Waals surface area contributed by atoms with Crippen molar-refractivity contribution in [3.8, 4) is 0 Å². The van der Waals surface area contributed by atoms with E-state index in [0.717, 1.165) is 17.8 Å². The number of rotatable bonds is 3. The number of carbonyl (C=O) groups is 1. The van der Waals surface area contributed by atoms with Crippen LogP contribution in [0, 0.1) is 0 Å². The van der Waals surface area contributed by atoms with Gasteiger partial charge >= 0.3 is 0 Å². The number of hydrogen-bond donors (Lipinski definition) is 0. The van der Waals surface area contributed by atoms with E-state index in [4.69, 9.17) is 12.2 Å². The van der Waals surface area contributed by atoms with Gasteiger partial charge in [-0.3, -0.25) is 4.79 Å². The first-order valence-electron chi connectivity index (χ1n) is 3.70. The molecular weight excluding hydrogens is 158 g/mol. The van der Waals surface area contributed by atoms with Crippen LogP contribution in [0.2, 0.25) is 0 Å². The second kappa shape index (κ2) is 3.62. The van der Waals surface area contributed by atoms with Gasteiger partial charge in [-0.05, 0) is 6.42 Å². The molecule has 0 atom stereocenters. The zero-order valence-electron chi connectivity index (χ0n) is 6.38. The molecule has 1 heterocycles. The molecule has 60 valence electrons. The first-order valence-corrected chi connectivity index (χ1v) is 4.10. The summed E-state index contributed by atoms with van der Waals surface area (Å²) in [5.74, 6) is 0.164. The molecule has 1 rings (SSSR count). The topological polar surface area (TPSA) is 20.3 Å². The molecule has 1 fully saturated rings. The van der Waals surface area contributed by atoms with Crippen LogP contribution in [0.5, 0.6) is 0 Å². The maximum atomic E-state index is 11.1. The summed E-state index contributed by atoms with van der Waals surface area (Å²) < 4.78 is 0. The number of carbonyl (C=O) groups excluding carboxylic acids is 1. The summed E-state index contributed by atoms with van der Waals surface area (Å²) in [6.07, 6.45) is 3.97. The third-order valence-corrected chi connectivity index (χ3v) is 2.14. The van der Waals surface area contributed by atoms with Gasteiger partial charge < -0.3 is 4.90 Å². The Morgan fingerprint density at radius 2 is 2.36 bits per heavy atom. The minimum absolute atomic E-state index is 0.164. The van der Waals surface area contributed by atoms with E-state index in [2.05, 4.69) is 6.58 Å². The molecule has 0 saturated carbocycles. The lowest BCUT2D eigenvalue weighted by molar-refractivity contribution is -0.125. The molecule has 0 bridgehead atoms. The molecule has 1 saturated heterocycles. The zero-order chi connectivity index (χ0) is 8.27. The molecule has 0 aromatic heterocycles. The van der Waals surface area contributed by atoms with Crippen LogP contribution in [0.4, 0.5) is 0 Å². The van der Waals surface area contributed by atoms with Crippen molar-refractivity contribution < 1.29 is 4.79 Å². The minimum Gasteiger partial charge on any atom is -0.306 e. The Morgan fingerprint density at radius 1 is 1.64 bits per heavy atom. The van der Waals surface area contributed by atoms with Crippen molar-refractivity contribution in [2.75, 3.05) is 6.54 Å². The lowest BCUT2D eigenvalue weighted by Crippen LogP contribution is -2.28. The van der Waals surface area contributed by atoms with Crippen molar-refractivity contribution in [2.45, 2.75) is 19.3 Å². The number of thiocarbonyl (C=S) groups is 1. The second-order valence-corrected chi connectivity index (χ2v) is 2.99. The molecule has 0 spiro atoms. The largest absolute Gasteiger partial charge is 0.306 e. The lowest BCUT2D eigenvalue weighted by Gasteiger charge is -2.13. The quantitative estimate of drug-likeness (QED) is 0.471. The molecule has 3 heteroatoms. The highest BCUT2D eigenvalue weighted by atomic mass is 32.1. The summed E-state index contributed by atoms with van der Waals surface area (Å²) in [4.78, 5) is 13.6. The molecule has 1 aliphatic heterocycles. The Labute approximate surface area is 71.9 Å². The Hall–Kier alpha value is -0.700. The average molecular weight is 169 g/mol. The lowest BCUT2D eigenvalue weighted by atomic mass is 10.4. The molecule has 11 heavy (non-hydrogen) atoms. The predicted molar refractivity (Wildman–Crippen MR) is 48.4 cm³/mol. The fraction of sp³-hybridized carbons (Fsp3) is 0.500. The molecular formula is C8H11NOS.